The third kappa shape index (κ3) is 4.87. The van der Waals surface area contributed by atoms with Crippen molar-refractivity contribution < 1.29 is 13.2 Å². The fourth-order valence-corrected chi connectivity index (χ4v) is 5.48. The lowest BCUT2D eigenvalue weighted by Crippen LogP contribution is -2.43. The zero-order valence-corrected chi connectivity index (χ0v) is 18.7. The lowest BCUT2D eigenvalue weighted by Gasteiger charge is -2.27. The van der Waals surface area contributed by atoms with Gasteiger partial charge in [0.25, 0.3) is 10.0 Å². The Hall–Kier alpha value is -3.49. The minimum Gasteiger partial charge on any atom is -0.306 e. The number of carbonyl (C=O) groups excluding carboxylic acids is 1. The molecule has 0 N–H and O–H groups in total. The highest BCUT2D eigenvalue weighted by atomic mass is 32.2. The Balaban J connectivity index is 1.69. The van der Waals surface area contributed by atoms with Crippen molar-refractivity contribution in [3.8, 4) is 0 Å². The summed E-state index contributed by atoms with van der Waals surface area (Å²) in [5, 5.41) is 1.93. The van der Waals surface area contributed by atoms with Crippen LogP contribution in [0.3, 0.4) is 0 Å². The van der Waals surface area contributed by atoms with Crippen LogP contribution in [0.5, 0.6) is 0 Å². The fraction of sp³-hybridized carbons (Fsp3) is 0.0833. The number of hydrogen-bond acceptors (Lipinski definition) is 5. The van der Waals surface area contributed by atoms with Crippen molar-refractivity contribution in [1.29, 1.82) is 0 Å². The fourth-order valence-electron chi connectivity index (χ4n) is 3.22. The van der Waals surface area contributed by atoms with Gasteiger partial charge >= 0.3 is 0 Å². The van der Waals surface area contributed by atoms with Crippen LogP contribution in [0.2, 0.25) is 0 Å². The summed E-state index contributed by atoms with van der Waals surface area (Å²) in [5.41, 5.74) is 1.63. The van der Waals surface area contributed by atoms with Crippen molar-refractivity contribution in [2.24, 2.45) is 0 Å². The molecule has 8 heteroatoms. The zero-order chi connectivity index (χ0) is 22.4. The largest absolute Gasteiger partial charge is 0.306 e. The molecule has 0 saturated heterocycles. The molecule has 6 nitrogen and oxygen atoms in total. The highest BCUT2D eigenvalue weighted by molar-refractivity contribution is 7.93. The summed E-state index contributed by atoms with van der Waals surface area (Å²) in [5.74, 6) is -0.352. The number of amides is 1. The Morgan fingerprint density at radius 1 is 0.844 bits per heavy atom. The number of aromatic nitrogens is 1. The lowest BCUT2D eigenvalue weighted by atomic mass is 10.2. The molecule has 0 spiro atoms. The van der Waals surface area contributed by atoms with Crippen molar-refractivity contribution in [2.45, 2.75) is 11.4 Å². The third-order valence-corrected chi connectivity index (χ3v) is 7.46. The smallest absolute Gasteiger partial charge is 0.266 e. The van der Waals surface area contributed by atoms with Gasteiger partial charge in [0.2, 0.25) is 5.91 Å². The summed E-state index contributed by atoms with van der Waals surface area (Å²) < 4.78 is 27.9. The summed E-state index contributed by atoms with van der Waals surface area (Å²) >= 11 is 1.17. The van der Waals surface area contributed by atoms with Crippen LogP contribution in [-0.2, 0) is 21.4 Å². The van der Waals surface area contributed by atoms with Crippen LogP contribution in [0.1, 0.15) is 5.56 Å². The molecule has 0 atom stereocenters. The second-order valence-corrected chi connectivity index (χ2v) is 9.68. The number of para-hydroxylation sites is 1. The summed E-state index contributed by atoms with van der Waals surface area (Å²) in [6.45, 7) is -0.0484. The molecule has 0 aliphatic rings. The maximum Gasteiger partial charge on any atom is 0.266 e. The topological polar surface area (TPSA) is 70.6 Å². The predicted octanol–water partition coefficient (Wildman–Crippen LogP) is 4.57. The Labute approximate surface area is 191 Å². The van der Waals surface area contributed by atoms with Gasteiger partial charge in [-0.05, 0) is 29.8 Å². The van der Waals surface area contributed by atoms with E-state index >= 15 is 0 Å². The van der Waals surface area contributed by atoms with Gasteiger partial charge < -0.3 is 4.90 Å². The molecule has 0 fully saturated rings. The molecule has 0 bridgehead atoms. The molecule has 1 aromatic heterocycles. The van der Waals surface area contributed by atoms with Crippen LogP contribution in [-0.4, -0.2) is 25.9 Å². The summed E-state index contributed by atoms with van der Waals surface area (Å²) in [7, 11) is -3.97. The zero-order valence-electron chi connectivity index (χ0n) is 17.1. The number of thiazole rings is 1. The Bertz CT molecular complexity index is 1250. The molecular weight excluding hydrogens is 442 g/mol. The van der Waals surface area contributed by atoms with Gasteiger partial charge in [0.05, 0.1) is 11.4 Å². The first-order valence-corrected chi connectivity index (χ1v) is 12.2. The van der Waals surface area contributed by atoms with E-state index in [0.29, 0.717) is 12.2 Å². The number of carbonyl (C=O) groups is 1. The molecule has 0 unspecified atom stereocenters. The van der Waals surface area contributed by atoms with Gasteiger partial charge in [-0.15, -0.1) is 11.3 Å². The average molecular weight is 464 g/mol. The van der Waals surface area contributed by atoms with Gasteiger partial charge in [-0.3, -0.25) is 4.79 Å². The first-order valence-electron chi connectivity index (χ1n) is 9.92. The highest BCUT2D eigenvalue weighted by Crippen LogP contribution is 2.26. The monoisotopic (exact) mass is 463 g/mol. The molecule has 1 amide bonds. The van der Waals surface area contributed by atoms with Crippen molar-refractivity contribution in [2.75, 3.05) is 15.7 Å². The second kappa shape index (κ2) is 9.76. The average Bonchev–Trinajstić information content (AvgIpc) is 3.37. The van der Waals surface area contributed by atoms with Crippen LogP contribution in [0.4, 0.5) is 10.8 Å². The molecule has 4 aromatic rings. The number of benzene rings is 3. The minimum absolute atomic E-state index is 0.109. The van der Waals surface area contributed by atoms with E-state index in [0.717, 1.165) is 9.87 Å². The van der Waals surface area contributed by atoms with Gasteiger partial charge in [-0.25, -0.2) is 17.7 Å². The molecule has 32 heavy (non-hydrogen) atoms. The number of anilines is 2. The van der Waals surface area contributed by atoms with Gasteiger partial charge in [0, 0.05) is 17.3 Å². The molecule has 0 aliphatic heterocycles. The predicted molar refractivity (Wildman–Crippen MR) is 127 cm³/mol. The van der Waals surface area contributed by atoms with E-state index in [1.54, 1.807) is 28.5 Å². The maximum atomic E-state index is 13.5. The van der Waals surface area contributed by atoms with Crippen molar-refractivity contribution >= 4 is 38.1 Å². The first kappa shape index (κ1) is 21.7. The van der Waals surface area contributed by atoms with E-state index in [9.17, 15) is 13.2 Å². The van der Waals surface area contributed by atoms with Gasteiger partial charge in [0.15, 0.2) is 5.13 Å². The molecule has 3 aromatic carbocycles. The molecule has 0 radical (unpaired) electrons. The summed E-state index contributed by atoms with van der Waals surface area (Å²) in [6, 6.07) is 26.9. The second-order valence-electron chi connectivity index (χ2n) is 6.94. The Kier molecular flexibility index (Phi) is 6.63. The number of nitrogens with zero attached hydrogens (tertiary/aromatic N) is 3. The van der Waals surface area contributed by atoms with E-state index in [1.165, 1.54) is 29.7 Å². The quantitative estimate of drug-likeness (QED) is 0.384. The van der Waals surface area contributed by atoms with E-state index in [2.05, 4.69) is 4.98 Å². The van der Waals surface area contributed by atoms with E-state index in [4.69, 9.17) is 0 Å². The normalized spacial score (nSPS) is 11.1. The summed E-state index contributed by atoms with van der Waals surface area (Å²) in [6.07, 6.45) is 1.52. The lowest BCUT2D eigenvalue weighted by molar-refractivity contribution is -0.117. The highest BCUT2D eigenvalue weighted by Gasteiger charge is 2.31. The Morgan fingerprint density at radius 2 is 1.44 bits per heavy atom. The third-order valence-electron chi connectivity index (χ3n) is 4.80. The van der Waals surface area contributed by atoms with Crippen molar-refractivity contribution in [1.82, 2.24) is 4.98 Å². The van der Waals surface area contributed by atoms with Crippen LogP contribution in [0.25, 0.3) is 0 Å². The Morgan fingerprint density at radius 3 is 2.03 bits per heavy atom. The van der Waals surface area contributed by atoms with Gasteiger partial charge in [-0.2, -0.15) is 0 Å². The molecule has 1 heterocycles. The summed E-state index contributed by atoms with van der Waals surface area (Å²) in [4.78, 5) is 19.4. The van der Waals surface area contributed by atoms with Gasteiger partial charge in [-0.1, -0.05) is 66.7 Å². The number of rotatable bonds is 8. The molecular formula is C24H21N3O3S2. The molecule has 0 aliphatic carbocycles. The molecule has 162 valence electrons. The van der Waals surface area contributed by atoms with Gasteiger partial charge in [0.1, 0.15) is 6.54 Å². The SMILES string of the molecule is O=C(CN(c1nccs1)S(=O)(=O)c1ccccc1)N(Cc1ccccc1)c1ccccc1. The van der Waals surface area contributed by atoms with E-state index in [1.807, 2.05) is 60.7 Å². The van der Waals surface area contributed by atoms with Crippen molar-refractivity contribution in [3.05, 3.63) is 108 Å². The minimum atomic E-state index is -3.97. The standard InChI is InChI=1S/C24H21N3O3S2/c28-23(26(21-12-6-2-7-13-21)18-20-10-4-1-5-11-20)19-27(24-25-16-17-31-24)32(29,30)22-14-8-3-9-15-22/h1-17H,18-19H2. The van der Waals surface area contributed by atoms with Crippen LogP contribution in [0, 0.1) is 0 Å². The molecule has 4 rings (SSSR count). The van der Waals surface area contributed by atoms with Crippen molar-refractivity contribution in [3.63, 3.8) is 0 Å². The van der Waals surface area contributed by atoms with Crippen LogP contribution < -0.4 is 9.21 Å². The first-order chi connectivity index (χ1) is 15.6. The molecule has 0 saturated carbocycles. The van der Waals surface area contributed by atoms with E-state index in [-0.39, 0.29) is 22.5 Å². The van der Waals surface area contributed by atoms with Crippen LogP contribution in [0.15, 0.2) is 107 Å². The number of hydrogen-bond donors (Lipinski definition) is 0. The van der Waals surface area contributed by atoms with Crippen LogP contribution >= 0.6 is 11.3 Å². The maximum absolute atomic E-state index is 13.5. The van der Waals surface area contributed by atoms with E-state index < -0.39 is 10.0 Å². The number of sulfonamides is 1.